The van der Waals surface area contributed by atoms with E-state index in [9.17, 15) is 9.59 Å². The van der Waals surface area contributed by atoms with E-state index < -0.39 is 0 Å². The molecule has 2 aromatic rings. The second-order valence-electron chi connectivity index (χ2n) is 5.15. The topological polar surface area (TPSA) is 74.7 Å². The number of pyridine rings is 1. The number of anilines is 1. The van der Waals surface area contributed by atoms with Crippen LogP contribution in [0.2, 0.25) is 0 Å². The predicted molar refractivity (Wildman–Crippen MR) is 86.5 cm³/mol. The zero-order valence-electron chi connectivity index (χ0n) is 12.5. The summed E-state index contributed by atoms with van der Waals surface area (Å²) in [5.74, 6) is 0.0595. The van der Waals surface area contributed by atoms with Crippen molar-refractivity contribution < 1.29 is 9.59 Å². The summed E-state index contributed by atoms with van der Waals surface area (Å²) in [6, 6.07) is 14.8. The van der Waals surface area contributed by atoms with Crippen molar-refractivity contribution in [1.29, 1.82) is 0 Å². The van der Waals surface area contributed by atoms with E-state index in [1.807, 2.05) is 30.3 Å². The van der Waals surface area contributed by atoms with Gasteiger partial charge in [0, 0.05) is 19.0 Å². The molecular weight excluding hydrogens is 292 g/mol. The number of hydrazone groups is 1. The van der Waals surface area contributed by atoms with E-state index >= 15 is 0 Å². The van der Waals surface area contributed by atoms with Crippen molar-refractivity contribution in [2.24, 2.45) is 5.10 Å². The molecule has 1 aromatic carbocycles. The predicted octanol–water partition coefficient (Wildman–Crippen LogP) is 2.20. The third-order valence-corrected chi connectivity index (χ3v) is 3.45. The first-order chi connectivity index (χ1) is 11.2. The van der Waals surface area contributed by atoms with Crippen LogP contribution >= 0.6 is 0 Å². The quantitative estimate of drug-likeness (QED) is 0.941. The average Bonchev–Trinajstić information content (AvgIpc) is 2.58. The van der Waals surface area contributed by atoms with E-state index in [0.29, 0.717) is 24.5 Å². The highest BCUT2D eigenvalue weighted by Crippen LogP contribution is 2.14. The molecule has 0 fully saturated rings. The van der Waals surface area contributed by atoms with Gasteiger partial charge in [0.2, 0.25) is 5.91 Å². The van der Waals surface area contributed by atoms with Crippen LogP contribution in [0.3, 0.4) is 0 Å². The van der Waals surface area contributed by atoms with E-state index in [1.165, 1.54) is 5.01 Å². The fourth-order valence-corrected chi connectivity index (χ4v) is 2.27. The van der Waals surface area contributed by atoms with Crippen LogP contribution in [0.1, 0.15) is 18.4 Å². The van der Waals surface area contributed by atoms with Crippen molar-refractivity contribution >= 4 is 23.3 Å². The maximum Gasteiger partial charge on any atom is 0.273 e. The summed E-state index contributed by atoms with van der Waals surface area (Å²) >= 11 is 0. The van der Waals surface area contributed by atoms with E-state index in [1.54, 1.807) is 24.4 Å². The minimum absolute atomic E-state index is 0.0803. The maximum atomic E-state index is 12.3. The van der Waals surface area contributed by atoms with Gasteiger partial charge < -0.3 is 5.32 Å². The number of carbonyl (C=O) groups is 2. The molecule has 1 N–H and O–H groups in total. The smallest absolute Gasteiger partial charge is 0.273 e. The number of benzene rings is 1. The number of amides is 2. The number of nitrogens with zero attached hydrogens (tertiary/aromatic N) is 3. The van der Waals surface area contributed by atoms with Crippen molar-refractivity contribution in [3.63, 3.8) is 0 Å². The number of hydrogen-bond donors (Lipinski definition) is 1. The molecule has 2 amide bonds. The second-order valence-corrected chi connectivity index (χ2v) is 5.15. The number of carbonyl (C=O) groups excluding carboxylic acids is 2. The highest BCUT2D eigenvalue weighted by Gasteiger charge is 2.24. The zero-order valence-corrected chi connectivity index (χ0v) is 12.5. The van der Waals surface area contributed by atoms with Gasteiger partial charge in [0.15, 0.2) is 0 Å². The second kappa shape index (κ2) is 6.83. The molecule has 1 aromatic heterocycles. The molecule has 3 rings (SSSR count). The normalized spacial score (nSPS) is 14.3. The van der Waals surface area contributed by atoms with Crippen LogP contribution in [-0.4, -0.2) is 27.5 Å². The van der Waals surface area contributed by atoms with Gasteiger partial charge in [0.05, 0.1) is 6.54 Å². The molecule has 0 saturated heterocycles. The van der Waals surface area contributed by atoms with E-state index in [2.05, 4.69) is 15.4 Å². The summed E-state index contributed by atoms with van der Waals surface area (Å²) in [4.78, 5) is 28.3. The zero-order chi connectivity index (χ0) is 16.1. The largest absolute Gasteiger partial charge is 0.305 e. The SMILES string of the molecule is O=C(Nc1ccccn1)C1=NN(Cc2ccccc2)C(=O)CC1. The first-order valence-corrected chi connectivity index (χ1v) is 7.36. The first-order valence-electron chi connectivity index (χ1n) is 7.36. The summed E-state index contributed by atoms with van der Waals surface area (Å²) in [7, 11) is 0. The number of rotatable bonds is 4. The molecule has 0 radical (unpaired) electrons. The number of aromatic nitrogens is 1. The van der Waals surface area contributed by atoms with Crippen molar-refractivity contribution in [3.8, 4) is 0 Å². The Balaban J connectivity index is 1.73. The van der Waals surface area contributed by atoms with E-state index in [0.717, 1.165) is 5.56 Å². The van der Waals surface area contributed by atoms with Gasteiger partial charge in [-0.3, -0.25) is 9.59 Å². The fourth-order valence-electron chi connectivity index (χ4n) is 2.27. The van der Waals surface area contributed by atoms with Crippen LogP contribution in [0.25, 0.3) is 0 Å². The Bertz CT molecular complexity index is 729. The van der Waals surface area contributed by atoms with Gasteiger partial charge >= 0.3 is 0 Å². The summed E-state index contributed by atoms with van der Waals surface area (Å²) in [5.41, 5.74) is 1.31. The van der Waals surface area contributed by atoms with Crippen LogP contribution in [0, 0.1) is 0 Å². The average molecular weight is 308 g/mol. The summed E-state index contributed by atoms with van der Waals surface area (Å²) < 4.78 is 0. The molecule has 0 aliphatic carbocycles. The monoisotopic (exact) mass is 308 g/mol. The van der Waals surface area contributed by atoms with Crippen LogP contribution < -0.4 is 5.32 Å². The minimum atomic E-state index is -0.325. The van der Waals surface area contributed by atoms with Crippen LogP contribution in [0.5, 0.6) is 0 Å². The van der Waals surface area contributed by atoms with E-state index in [-0.39, 0.29) is 18.2 Å². The molecule has 0 bridgehead atoms. The lowest BCUT2D eigenvalue weighted by molar-refractivity contribution is -0.132. The van der Waals surface area contributed by atoms with Crippen LogP contribution in [0.4, 0.5) is 5.82 Å². The maximum absolute atomic E-state index is 12.3. The van der Waals surface area contributed by atoms with Gasteiger partial charge in [-0.25, -0.2) is 9.99 Å². The molecule has 0 unspecified atom stereocenters. The van der Waals surface area contributed by atoms with E-state index in [4.69, 9.17) is 0 Å². The third kappa shape index (κ3) is 3.79. The Labute approximate surface area is 133 Å². The van der Waals surface area contributed by atoms with Gasteiger partial charge in [0.1, 0.15) is 11.5 Å². The van der Waals surface area contributed by atoms with Crippen molar-refractivity contribution in [3.05, 3.63) is 60.3 Å². The fraction of sp³-hybridized carbons (Fsp3) is 0.176. The van der Waals surface area contributed by atoms with Gasteiger partial charge in [-0.05, 0) is 17.7 Å². The summed E-state index contributed by atoms with van der Waals surface area (Å²) in [5, 5.41) is 8.26. The Morgan fingerprint density at radius 2 is 1.87 bits per heavy atom. The van der Waals surface area contributed by atoms with Crippen LogP contribution in [0.15, 0.2) is 59.8 Å². The molecule has 0 atom stereocenters. The molecule has 0 spiro atoms. The lowest BCUT2D eigenvalue weighted by Gasteiger charge is -2.23. The van der Waals surface area contributed by atoms with Gasteiger partial charge in [-0.2, -0.15) is 5.10 Å². The summed E-state index contributed by atoms with van der Waals surface area (Å²) in [6.07, 6.45) is 2.22. The first kappa shape index (κ1) is 14.9. The van der Waals surface area contributed by atoms with Crippen molar-refractivity contribution in [2.75, 3.05) is 5.32 Å². The number of nitrogens with one attached hydrogen (secondary N) is 1. The van der Waals surface area contributed by atoms with Gasteiger partial charge in [0.25, 0.3) is 5.91 Å². The highest BCUT2D eigenvalue weighted by atomic mass is 16.2. The lowest BCUT2D eigenvalue weighted by Crippen LogP contribution is -2.36. The molecular formula is C17H16N4O2. The van der Waals surface area contributed by atoms with Crippen LogP contribution in [-0.2, 0) is 16.1 Å². The third-order valence-electron chi connectivity index (χ3n) is 3.45. The Hall–Kier alpha value is -3.02. The van der Waals surface area contributed by atoms with Gasteiger partial charge in [-0.15, -0.1) is 0 Å². The van der Waals surface area contributed by atoms with Gasteiger partial charge in [-0.1, -0.05) is 36.4 Å². The molecule has 23 heavy (non-hydrogen) atoms. The van der Waals surface area contributed by atoms with Crippen molar-refractivity contribution in [2.45, 2.75) is 19.4 Å². The van der Waals surface area contributed by atoms with Crippen molar-refractivity contribution in [1.82, 2.24) is 9.99 Å². The molecule has 1 aliphatic heterocycles. The Morgan fingerprint density at radius 1 is 1.09 bits per heavy atom. The number of hydrogen-bond acceptors (Lipinski definition) is 4. The molecule has 2 heterocycles. The molecule has 0 saturated carbocycles. The molecule has 1 aliphatic rings. The molecule has 6 heteroatoms. The minimum Gasteiger partial charge on any atom is -0.305 e. The highest BCUT2D eigenvalue weighted by molar-refractivity contribution is 6.43. The Kier molecular flexibility index (Phi) is 4.42. The molecule has 6 nitrogen and oxygen atoms in total. The Morgan fingerprint density at radius 3 is 2.61 bits per heavy atom. The lowest BCUT2D eigenvalue weighted by atomic mass is 10.1. The standard InChI is InChI=1S/C17H16N4O2/c22-16-10-9-14(17(23)19-15-8-4-5-11-18-15)20-21(16)12-13-6-2-1-3-7-13/h1-8,11H,9-10,12H2,(H,18,19,23). The summed E-state index contributed by atoms with van der Waals surface area (Å²) in [6.45, 7) is 0.361. The molecule has 116 valence electrons.